The third-order valence-electron chi connectivity index (χ3n) is 5.78. The Hall–Kier alpha value is -3.30. The second-order valence-corrected chi connectivity index (χ2v) is 7.86. The zero-order chi connectivity index (χ0) is 23.8. The van der Waals surface area contributed by atoms with E-state index in [1.54, 1.807) is 25.3 Å². The van der Waals surface area contributed by atoms with Gasteiger partial charge in [0, 0.05) is 44.5 Å². The number of piperazine rings is 1. The van der Waals surface area contributed by atoms with E-state index in [0.29, 0.717) is 23.7 Å². The number of ether oxygens (including phenoxy) is 3. The molecule has 0 radical (unpaired) electrons. The number of rotatable bonds is 8. The van der Waals surface area contributed by atoms with Crippen molar-refractivity contribution >= 4 is 17.5 Å². The van der Waals surface area contributed by atoms with Gasteiger partial charge in [-0.3, -0.25) is 14.5 Å². The van der Waals surface area contributed by atoms with Crippen molar-refractivity contribution in [2.45, 2.75) is 6.04 Å². The number of anilines is 1. The predicted octanol–water partition coefficient (Wildman–Crippen LogP) is 1.76. The van der Waals surface area contributed by atoms with Gasteiger partial charge >= 0.3 is 11.8 Å². The second kappa shape index (κ2) is 11.5. The van der Waals surface area contributed by atoms with E-state index >= 15 is 0 Å². The maximum absolute atomic E-state index is 12.6. The van der Waals surface area contributed by atoms with Crippen molar-refractivity contribution in [2.75, 3.05) is 66.4 Å². The molecule has 2 aromatic rings. The second-order valence-electron chi connectivity index (χ2n) is 7.86. The highest BCUT2D eigenvalue weighted by atomic mass is 16.5. The third kappa shape index (κ3) is 6.36. The van der Waals surface area contributed by atoms with Gasteiger partial charge in [0.2, 0.25) is 0 Å². The van der Waals surface area contributed by atoms with Gasteiger partial charge in [0.05, 0.1) is 27.4 Å². The van der Waals surface area contributed by atoms with Crippen molar-refractivity contribution in [1.29, 1.82) is 0 Å². The van der Waals surface area contributed by atoms with Gasteiger partial charge in [-0.15, -0.1) is 0 Å². The van der Waals surface area contributed by atoms with Crippen LogP contribution in [0.4, 0.5) is 5.69 Å². The maximum Gasteiger partial charge on any atom is 0.313 e. The zero-order valence-corrected chi connectivity index (χ0v) is 19.6. The number of nitrogens with one attached hydrogen (secondary N) is 2. The lowest BCUT2D eigenvalue weighted by Gasteiger charge is -2.38. The lowest BCUT2D eigenvalue weighted by atomic mass is 10.0. The molecule has 178 valence electrons. The van der Waals surface area contributed by atoms with Crippen molar-refractivity contribution in [1.82, 2.24) is 15.1 Å². The number of amides is 2. The molecule has 1 atom stereocenters. The van der Waals surface area contributed by atoms with Gasteiger partial charge in [-0.1, -0.05) is 12.1 Å². The molecule has 1 saturated heterocycles. The van der Waals surface area contributed by atoms with Crippen LogP contribution in [0, 0.1) is 0 Å². The third-order valence-corrected chi connectivity index (χ3v) is 5.78. The first-order valence-corrected chi connectivity index (χ1v) is 10.8. The van der Waals surface area contributed by atoms with Crippen LogP contribution in [-0.2, 0) is 9.59 Å². The van der Waals surface area contributed by atoms with E-state index in [2.05, 4.69) is 27.5 Å². The molecular formula is C24H32N4O5. The summed E-state index contributed by atoms with van der Waals surface area (Å²) in [5, 5.41) is 5.40. The summed E-state index contributed by atoms with van der Waals surface area (Å²) in [6, 6.07) is 12.7. The van der Waals surface area contributed by atoms with Crippen molar-refractivity contribution in [3.8, 4) is 17.2 Å². The molecule has 2 N–H and O–H groups in total. The molecule has 9 nitrogen and oxygen atoms in total. The molecule has 0 saturated carbocycles. The minimum absolute atomic E-state index is 0.0533. The highest BCUT2D eigenvalue weighted by molar-refractivity contribution is 6.39. The Morgan fingerprint density at radius 3 is 2.15 bits per heavy atom. The minimum atomic E-state index is -0.742. The summed E-state index contributed by atoms with van der Waals surface area (Å²) in [4.78, 5) is 29.7. The fraction of sp³-hybridized carbons (Fsp3) is 0.417. The lowest BCUT2D eigenvalue weighted by Crippen LogP contribution is -2.49. The Bertz CT molecular complexity index is 942. The van der Waals surface area contributed by atoms with Crippen molar-refractivity contribution < 1.29 is 23.8 Å². The van der Waals surface area contributed by atoms with Gasteiger partial charge in [0.15, 0.2) is 11.5 Å². The zero-order valence-electron chi connectivity index (χ0n) is 19.6. The predicted molar refractivity (Wildman–Crippen MR) is 126 cm³/mol. The molecule has 2 amide bonds. The number of carbonyl (C=O) groups is 2. The summed E-state index contributed by atoms with van der Waals surface area (Å²) in [5.74, 6) is 0.334. The minimum Gasteiger partial charge on any atom is -0.497 e. The van der Waals surface area contributed by atoms with Gasteiger partial charge < -0.3 is 29.7 Å². The molecule has 1 unspecified atom stereocenters. The van der Waals surface area contributed by atoms with Crippen molar-refractivity contribution in [2.24, 2.45) is 0 Å². The Kier molecular flexibility index (Phi) is 8.51. The van der Waals surface area contributed by atoms with E-state index in [0.717, 1.165) is 37.5 Å². The van der Waals surface area contributed by atoms with E-state index in [4.69, 9.17) is 14.2 Å². The highest BCUT2D eigenvalue weighted by Crippen LogP contribution is 2.29. The van der Waals surface area contributed by atoms with Crippen LogP contribution in [0.2, 0.25) is 0 Å². The number of hydrogen-bond acceptors (Lipinski definition) is 7. The van der Waals surface area contributed by atoms with Gasteiger partial charge in [-0.2, -0.15) is 0 Å². The number of likely N-dealkylation sites (N-methyl/N-ethyl adjacent to an activating group) is 1. The van der Waals surface area contributed by atoms with Crippen LogP contribution >= 0.6 is 0 Å². The smallest absolute Gasteiger partial charge is 0.313 e. The average Bonchev–Trinajstić information content (AvgIpc) is 2.85. The van der Waals surface area contributed by atoms with Crippen LogP contribution in [0.5, 0.6) is 17.2 Å². The molecule has 0 spiro atoms. The topological polar surface area (TPSA) is 92.4 Å². The van der Waals surface area contributed by atoms with Crippen molar-refractivity contribution in [3.63, 3.8) is 0 Å². The van der Waals surface area contributed by atoms with Crippen LogP contribution in [0.25, 0.3) is 0 Å². The number of nitrogens with zero attached hydrogens (tertiary/aromatic N) is 2. The molecule has 33 heavy (non-hydrogen) atoms. The maximum atomic E-state index is 12.6. The summed E-state index contributed by atoms with van der Waals surface area (Å²) in [6.07, 6.45) is 0. The molecule has 1 heterocycles. The summed E-state index contributed by atoms with van der Waals surface area (Å²) in [6.45, 7) is 3.96. The molecule has 2 aromatic carbocycles. The van der Waals surface area contributed by atoms with Gasteiger partial charge in [0.1, 0.15) is 5.75 Å². The number of methoxy groups -OCH3 is 3. The average molecular weight is 457 g/mol. The summed E-state index contributed by atoms with van der Waals surface area (Å²) in [7, 11) is 6.77. The van der Waals surface area contributed by atoms with Crippen LogP contribution in [0.1, 0.15) is 11.6 Å². The van der Waals surface area contributed by atoms with Crippen LogP contribution < -0.4 is 24.8 Å². The number of carbonyl (C=O) groups excluding carboxylic acids is 2. The Morgan fingerprint density at radius 1 is 0.879 bits per heavy atom. The van der Waals surface area contributed by atoms with Gasteiger partial charge in [0.25, 0.3) is 0 Å². The summed E-state index contributed by atoms with van der Waals surface area (Å²) in [5.41, 5.74) is 1.50. The summed E-state index contributed by atoms with van der Waals surface area (Å²) < 4.78 is 15.7. The molecule has 0 aliphatic carbocycles. The summed E-state index contributed by atoms with van der Waals surface area (Å²) >= 11 is 0. The van der Waals surface area contributed by atoms with Gasteiger partial charge in [-0.05, 0) is 36.9 Å². The first-order valence-electron chi connectivity index (χ1n) is 10.8. The molecule has 3 rings (SSSR count). The Balaban J connectivity index is 1.66. The first kappa shape index (κ1) is 24.3. The molecule has 1 fully saturated rings. The van der Waals surface area contributed by atoms with Gasteiger partial charge in [-0.25, -0.2) is 0 Å². The molecule has 1 aliphatic heterocycles. The molecule has 9 heteroatoms. The van der Waals surface area contributed by atoms with Crippen LogP contribution in [0.15, 0.2) is 42.5 Å². The normalized spacial score (nSPS) is 15.4. The van der Waals surface area contributed by atoms with Crippen LogP contribution in [-0.4, -0.2) is 82.7 Å². The Labute approximate surface area is 194 Å². The van der Waals surface area contributed by atoms with E-state index in [9.17, 15) is 9.59 Å². The molecule has 0 bridgehead atoms. The van der Waals surface area contributed by atoms with E-state index < -0.39 is 11.8 Å². The SMILES string of the molecule is COc1ccc(C(CNC(=O)C(=O)Nc2ccc(OC)c(OC)c2)N2CCN(C)CC2)cc1. The fourth-order valence-corrected chi connectivity index (χ4v) is 3.79. The van der Waals surface area contributed by atoms with E-state index in [1.807, 2.05) is 24.3 Å². The Morgan fingerprint density at radius 2 is 1.55 bits per heavy atom. The largest absolute Gasteiger partial charge is 0.497 e. The molecular weight excluding hydrogens is 424 g/mol. The van der Waals surface area contributed by atoms with E-state index in [-0.39, 0.29) is 6.04 Å². The number of benzene rings is 2. The standard InChI is InChI=1S/C24H32N4O5/c1-27-11-13-28(14-12-27)20(17-5-8-19(31-2)9-6-17)16-25-23(29)24(30)26-18-7-10-21(32-3)22(15-18)33-4/h5-10,15,20H,11-14,16H2,1-4H3,(H,25,29)(H,26,30). The highest BCUT2D eigenvalue weighted by Gasteiger charge is 2.25. The first-order chi connectivity index (χ1) is 15.9. The van der Waals surface area contributed by atoms with E-state index in [1.165, 1.54) is 14.2 Å². The fourth-order valence-electron chi connectivity index (χ4n) is 3.79. The quantitative estimate of drug-likeness (QED) is 0.585. The molecule has 1 aliphatic rings. The number of hydrogen-bond donors (Lipinski definition) is 2. The monoisotopic (exact) mass is 456 g/mol. The molecule has 0 aromatic heterocycles. The van der Waals surface area contributed by atoms with Crippen molar-refractivity contribution in [3.05, 3.63) is 48.0 Å². The van der Waals surface area contributed by atoms with Crippen LogP contribution in [0.3, 0.4) is 0 Å². The lowest BCUT2D eigenvalue weighted by molar-refractivity contribution is -0.136.